The van der Waals surface area contributed by atoms with Crippen LogP contribution in [0.3, 0.4) is 0 Å². The first-order valence-corrected chi connectivity index (χ1v) is 7.01. The number of amides is 3. The molecule has 20 heavy (non-hydrogen) atoms. The molecule has 0 unspecified atom stereocenters. The van der Waals surface area contributed by atoms with Gasteiger partial charge in [0.05, 0.1) is 0 Å². The van der Waals surface area contributed by atoms with Crippen molar-refractivity contribution in [2.45, 2.75) is 6.92 Å². The fraction of sp³-hybridized carbons (Fsp3) is 0.769. The summed E-state index contributed by atoms with van der Waals surface area (Å²) in [7, 11) is 2.00. The zero-order chi connectivity index (χ0) is 14.7. The topological polar surface area (TPSA) is 64.2 Å². The van der Waals surface area contributed by atoms with Gasteiger partial charge in [0.2, 0.25) is 5.91 Å². The molecule has 2 heterocycles. The smallest absolute Gasteiger partial charge is 0.312 e. The first-order valence-electron chi connectivity index (χ1n) is 7.01. The Hall–Kier alpha value is -1.63. The number of carbonyl (C=O) groups is 3. The Kier molecular flexibility index (Phi) is 4.59. The minimum absolute atomic E-state index is 0.0162. The highest BCUT2D eigenvalue weighted by atomic mass is 16.2. The highest BCUT2D eigenvalue weighted by Gasteiger charge is 2.31. The Morgan fingerprint density at radius 3 is 1.40 bits per heavy atom. The molecule has 0 atom stereocenters. The van der Waals surface area contributed by atoms with E-state index in [-0.39, 0.29) is 5.91 Å². The van der Waals surface area contributed by atoms with Crippen LogP contribution in [0.25, 0.3) is 0 Å². The lowest BCUT2D eigenvalue weighted by atomic mass is 10.2. The first-order chi connectivity index (χ1) is 9.49. The molecule has 7 nitrogen and oxygen atoms in total. The number of hydrogen-bond acceptors (Lipinski definition) is 4. The third-order valence-corrected chi connectivity index (χ3v) is 3.99. The van der Waals surface area contributed by atoms with Crippen molar-refractivity contribution in [1.82, 2.24) is 19.6 Å². The molecule has 0 N–H and O–H groups in total. The number of nitrogens with zero attached hydrogens (tertiary/aromatic N) is 4. The molecule has 0 aromatic carbocycles. The molecule has 0 aromatic rings. The maximum absolute atomic E-state index is 12.2. The molecule has 0 aromatic heterocycles. The minimum Gasteiger partial charge on any atom is -0.339 e. The third kappa shape index (κ3) is 3.27. The lowest BCUT2D eigenvalue weighted by molar-refractivity contribution is -0.154. The molecule has 0 aliphatic carbocycles. The summed E-state index contributed by atoms with van der Waals surface area (Å²) in [6.07, 6.45) is 0. The van der Waals surface area contributed by atoms with E-state index in [4.69, 9.17) is 0 Å². The number of piperazine rings is 2. The van der Waals surface area contributed by atoms with Crippen LogP contribution in [-0.4, -0.2) is 96.7 Å². The van der Waals surface area contributed by atoms with E-state index in [1.807, 2.05) is 7.05 Å². The second-order valence-electron chi connectivity index (χ2n) is 5.39. The van der Waals surface area contributed by atoms with E-state index in [2.05, 4.69) is 4.90 Å². The van der Waals surface area contributed by atoms with Gasteiger partial charge in [-0.3, -0.25) is 14.4 Å². The molecular formula is C13H22N4O3. The molecular weight excluding hydrogens is 260 g/mol. The highest BCUT2D eigenvalue weighted by Crippen LogP contribution is 2.06. The largest absolute Gasteiger partial charge is 0.339 e. The van der Waals surface area contributed by atoms with Crippen molar-refractivity contribution in [3.8, 4) is 0 Å². The van der Waals surface area contributed by atoms with Crippen molar-refractivity contribution in [2.24, 2.45) is 0 Å². The van der Waals surface area contributed by atoms with Crippen LogP contribution in [0.15, 0.2) is 0 Å². The second-order valence-corrected chi connectivity index (χ2v) is 5.39. The van der Waals surface area contributed by atoms with Gasteiger partial charge in [-0.15, -0.1) is 0 Å². The molecule has 112 valence electrons. The Morgan fingerprint density at radius 1 is 0.650 bits per heavy atom. The summed E-state index contributed by atoms with van der Waals surface area (Å²) < 4.78 is 0. The van der Waals surface area contributed by atoms with Gasteiger partial charge in [-0.1, -0.05) is 0 Å². The number of likely N-dealkylation sites (N-methyl/N-ethyl adjacent to an activating group) is 1. The van der Waals surface area contributed by atoms with E-state index >= 15 is 0 Å². The molecule has 2 rings (SSSR count). The molecule has 2 aliphatic heterocycles. The van der Waals surface area contributed by atoms with Crippen LogP contribution in [0.1, 0.15) is 6.92 Å². The van der Waals surface area contributed by atoms with Crippen LogP contribution in [-0.2, 0) is 14.4 Å². The van der Waals surface area contributed by atoms with Crippen molar-refractivity contribution >= 4 is 17.7 Å². The predicted molar refractivity (Wildman–Crippen MR) is 72.9 cm³/mol. The summed E-state index contributed by atoms with van der Waals surface area (Å²) in [6.45, 7) is 6.24. The van der Waals surface area contributed by atoms with E-state index in [0.29, 0.717) is 39.3 Å². The number of rotatable bonds is 0. The average Bonchev–Trinajstić information content (AvgIpc) is 2.46. The molecule has 2 fully saturated rings. The van der Waals surface area contributed by atoms with Gasteiger partial charge in [0, 0.05) is 59.3 Å². The fourth-order valence-electron chi connectivity index (χ4n) is 2.50. The maximum Gasteiger partial charge on any atom is 0.312 e. The van der Waals surface area contributed by atoms with Crippen molar-refractivity contribution in [3.63, 3.8) is 0 Å². The van der Waals surface area contributed by atoms with Crippen molar-refractivity contribution in [3.05, 3.63) is 0 Å². The molecule has 0 radical (unpaired) electrons. The Balaban J connectivity index is 1.85. The first kappa shape index (κ1) is 14.8. The van der Waals surface area contributed by atoms with Crippen molar-refractivity contribution < 1.29 is 14.4 Å². The zero-order valence-corrected chi connectivity index (χ0v) is 12.2. The summed E-state index contributed by atoms with van der Waals surface area (Å²) in [5, 5.41) is 0. The highest BCUT2D eigenvalue weighted by molar-refractivity contribution is 6.34. The van der Waals surface area contributed by atoms with Crippen LogP contribution in [0.2, 0.25) is 0 Å². The number of hydrogen-bond donors (Lipinski definition) is 0. The van der Waals surface area contributed by atoms with Crippen LogP contribution in [0.4, 0.5) is 0 Å². The molecule has 0 spiro atoms. The molecule has 2 aliphatic rings. The average molecular weight is 282 g/mol. The van der Waals surface area contributed by atoms with E-state index in [1.54, 1.807) is 14.7 Å². The monoisotopic (exact) mass is 282 g/mol. The standard InChI is InChI=1S/C13H22N4O3/c1-11(18)15-7-9-17(10-8-15)13(20)12(19)16-5-3-14(2)4-6-16/h3-10H2,1-2H3. The minimum atomic E-state index is -0.433. The Morgan fingerprint density at radius 2 is 1.00 bits per heavy atom. The van der Waals surface area contributed by atoms with E-state index in [1.165, 1.54) is 6.92 Å². The summed E-state index contributed by atoms with van der Waals surface area (Å²) >= 11 is 0. The van der Waals surface area contributed by atoms with Crippen molar-refractivity contribution in [1.29, 1.82) is 0 Å². The van der Waals surface area contributed by atoms with Crippen LogP contribution < -0.4 is 0 Å². The lowest BCUT2D eigenvalue weighted by Crippen LogP contribution is -2.56. The molecule has 0 bridgehead atoms. The summed E-state index contributed by atoms with van der Waals surface area (Å²) in [6, 6.07) is 0. The SMILES string of the molecule is CC(=O)N1CCN(C(=O)C(=O)N2CCN(C)CC2)CC1. The van der Waals surface area contributed by atoms with Gasteiger partial charge in [0.15, 0.2) is 0 Å². The quantitative estimate of drug-likeness (QED) is 0.505. The Bertz CT molecular complexity index is 396. The van der Waals surface area contributed by atoms with Crippen LogP contribution in [0, 0.1) is 0 Å². The summed E-state index contributed by atoms with van der Waals surface area (Å²) in [4.78, 5) is 42.6. The van der Waals surface area contributed by atoms with Gasteiger partial charge in [-0.2, -0.15) is 0 Å². The second kappa shape index (κ2) is 6.21. The van der Waals surface area contributed by atoms with Crippen molar-refractivity contribution in [2.75, 3.05) is 59.4 Å². The normalized spacial score (nSPS) is 21.0. The van der Waals surface area contributed by atoms with Gasteiger partial charge in [0.1, 0.15) is 0 Å². The summed E-state index contributed by atoms with van der Waals surface area (Å²) in [5.74, 6) is -0.824. The molecule has 2 saturated heterocycles. The maximum atomic E-state index is 12.2. The lowest BCUT2D eigenvalue weighted by Gasteiger charge is -2.36. The number of carbonyl (C=O) groups excluding carboxylic acids is 3. The van der Waals surface area contributed by atoms with E-state index in [9.17, 15) is 14.4 Å². The molecule has 7 heteroatoms. The van der Waals surface area contributed by atoms with Gasteiger partial charge in [-0.05, 0) is 7.05 Å². The van der Waals surface area contributed by atoms with E-state index < -0.39 is 11.8 Å². The van der Waals surface area contributed by atoms with Gasteiger partial charge in [-0.25, -0.2) is 0 Å². The third-order valence-electron chi connectivity index (χ3n) is 3.99. The predicted octanol–water partition coefficient (Wildman–Crippen LogP) is -1.55. The van der Waals surface area contributed by atoms with Crippen LogP contribution >= 0.6 is 0 Å². The van der Waals surface area contributed by atoms with Gasteiger partial charge in [0.25, 0.3) is 0 Å². The Labute approximate surface area is 119 Å². The molecule has 3 amide bonds. The van der Waals surface area contributed by atoms with Gasteiger partial charge >= 0.3 is 11.8 Å². The van der Waals surface area contributed by atoms with Crippen LogP contribution in [0.5, 0.6) is 0 Å². The van der Waals surface area contributed by atoms with Gasteiger partial charge < -0.3 is 19.6 Å². The zero-order valence-electron chi connectivity index (χ0n) is 12.2. The van der Waals surface area contributed by atoms with E-state index in [0.717, 1.165) is 13.1 Å². The summed E-state index contributed by atoms with van der Waals surface area (Å²) in [5.41, 5.74) is 0. The fourth-order valence-corrected chi connectivity index (χ4v) is 2.50. The molecule has 0 saturated carbocycles.